The highest BCUT2D eigenvalue weighted by Gasteiger charge is 2.37. The van der Waals surface area contributed by atoms with E-state index in [1.807, 2.05) is 0 Å². The zero-order valence-corrected chi connectivity index (χ0v) is 9.54. The highest BCUT2D eigenvalue weighted by Crippen LogP contribution is 2.33. The lowest BCUT2D eigenvalue weighted by molar-refractivity contribution is -0.141. The molecule has 1 aliphatic rings. The molecule has 1 atom stereocenters. The van der Waals surface area contributed by atoms with Gasteiger partial charge in [0.15, 0.2) is 0 Å². The average molecular weight is 244 g/mol. The first-order valence-corrected chi connectivity index (χ1v) is 5.48. The van der Waals surface area contributed by atoms with Crippen molar-refractivity contribution >= 4 is 11.9 Å². The van der Waals surface area contributed by atoms with Gasteiger partial charge in [0.25, 0.3) is 0 Å². The monoisotopic (exact) mass is 244 g/mol. The van der Waals surface area contributed by atoms with Gasteiger partial charge in [-0.25, -0.2) is 4.79 Å². The zero-order chi connectivity index (χ0) is 13.2. The Hall–Kier alpha value is -2.36. The van der Waals surface area contributed by atoms with Crippen LogP contribution in [0.3, 0.4) is 0 Å². The molecule has 1 aliphatic carbocycles. The lowest BCUT2D eigenvalue weighted by Crippen LogP contribution is -2.34. The van der Waals surface area contributed by atoms with Gasteiger partial charge in [0.05, 0.1) is 5.56 Å². The predicted octanol–water partition coefficient (Wildman–Crippen LogP) is 2.22. The molecule has 4 nitrogen and oxygen atoms in total. The van der Waals surface area contributed by atoms with E-state index in [9.17, 15) is 14.7 Å². The van der Waals surface area contributed by atoms with Crippen LogP contribution in [-0.4, -0.2) is 22.2 Å². The summed E-state index contributed by atoms with van der Waals surface area (Å²) in [6.07, 6.45) is 7.28. The Morgan fingerprint density at radius 2 is 1.72 bits per heavy atom. The van der Waals surface area contributed by atoms with Gasteiger partial charge in [-0.3, -0.25) is 4.79 Å². The minimum absolute atomic E-state index is 0.148. The van der Waals surface area contributed by atoms with E-state index in [-0.39, 0.29) is 5.56 Å². The Kier molecular flexibility index (Phi) is 3.02. The van der Waals surface area contributed by atoms with Crippen LogP contribution in [0.4, 0.5) is 0 Å². The molecule has 0 aliphatic heterocycles. The SMILES string of the molecule is O=C(O)c1ccc(C2(C(=O)O)C=CC=CC2)cc1. The summed E-state index contributed by atoms with van der Waals surface area (Å²) in [6, 6.07) is 5.96. The van der Waals surface area contributed by atoms with Crippen molar-refractivity contribution in [3.05, 3.63) is 59.7 Å². The summed E-state index contributed by atoms with van der Waals surface area (Å²) in [4.78, 5) is 22.3. The largest absolute Gasteiger partial charge is 0.480 e. The summed E-state index contributed by atoms with van der Waals surface area (Å²) in [5.41, 5.74) is -0.360. The van der Waals surface area contributed by atoms with Gasteiger partial charge >= 0.3 is 11.9 Å². The fraction of sp³-hybridized carbons (Fsp3) is 0.143. The first-order valence-electron chi connectivity index (χ1n) is 5.48. The normalized spacial score (nSPS) is 21.8. The number of aliphatic carboxylic acids is 1. The summed E-state index contributed by atoms with van der Waals surface area (Å²) in [6.45, 7) is 0. The highest BCUT2D eigenvalue weighted by molar-refractivity contribution is 5.89. The molecule has 0 saturated heterocycles. The van der Waals surface area contributed by atoms with Gasteiger partial charge in [-0.05, 0) is 24.1 Å². The Bertz CT molecular complexity index is 539. The topological polar surface area (TPSA) is 74.6 Å². The molecule has 0 spiro atoms. The molecule has 2 N–H and O–H groups in total. The third-order valence-corrected chi connectivity index (χ3v) is 3.10. The Morgan fingerprint density at radius 1 is 1.06 bits per heavy atom. The number of aromatic carboxylic acids is 1. The summed E-state index contributed by atoms with van der Waals surface area (Å²) >= 11 is 0. The molecule has 1 aromatic rings. The second kappa shape index (κ2) is 4.49. The molecule has 18 heavy (non-hydrogen) atoms. The fourth-order valence-corrected chi connectivity index (χ4v) is 2.03. The van der Waals surface area contributed by atoms with E-state index in [0.717, 1.165) is 0 Å². The van der Waals surface area contributed by atoms with Gasteiger partial charge in [-0.2, -0.15) is 0 Å². The van der Waals surface area contributed by atoms with Crippen molar-refractivity contribution < 1.29 is 19.8 Å². The van der Waals surface area contributed by atoms with Crippen LogP contribution >= 0.6 is 0 Å². The number of hydrogen-bond donors (Lipinski definition) is 2. The van der Waals surface area contributed by atoms with Crippen LogP contribution in [0, 0.1) is 0 Å². The van der Waals surface area contributed by atoms with Crippen molar-refractivity contribution in [2.45, 2.75) is 11.8 Å². The Balaban J connectivity index is 2.44. The van der Waals surface area contributed by atoms with Gasteiger partial charge in [0, 0.05) is 0 Å². The maximum atomic E-state index is 11.5. The number of rotatable bonds is 3. The van der Waals surface area contributed by atoms with E-state index in [4.69, 9.17) is 5.11 Å². The van der Waals surface area contributed by atoms with Crippen molar-refractivity contribution in [3.63, 3.8) is 0 Å². The van der Waals surface area contributed by atoms with Crippen molar-refractivity contribution in [2.75, 3.05) is 0 Å². The molecule has 0 saturated carbocycles. The summed E-state index contributed by atoms with van der Waals surface area (Å²) in [5, 5.41) is 18.2. The van der Waals surface area contributed by atoms with Crippen LogP contribution in [0.2, 0.25) is 0 Å². The molecule has 0 heterocycles. The van der Waals surface area contributed by atoms with Crippen molar-refractivity contribution in [1.82, 2.24) is 0 Å². The number of carboxylic acids is 2. The van der Waals surface area contributed by atoms with E-state index in [2.05, 4.69) is 0 Å². The second-order valence-electron chi connectivity index (χ2n) is 4.15. The molecular weight excluding hydrogens is 232 g/mol. The van der Waals surface area contributed by atoms with Crippen LogP contribution in [-0.2, 0) is 10.2 Å². The van der Waals surface area contributed by atoms with E-state index in [1.165, 1.54) is 12.1 Å². The van der Waals surface area contributed by atoms with Crippen LogP contribution in [0.5, 0.6) is 0 Å². The lowest BCUT2D eigenvalue weighted by atomic mass is 9.75. The van der Waals surface area contributed by atoms with Crippen molar-refractivity contribution in [1.29, 1.82) is 0 Å². The molecule has 1 aromatic carbocycles. The van der Waals surface area contributed by atoms with Crippen LogP contribution in [0.25, 0.3) is 0 Å². The van der Waals surface area contributed by atoms with Gasteiger partial charge in [-0.15, -0.1) is 0 Å². The fourth-order valence-electron chi connectivity index (χ4n) is 2.03. The first-order chi connectivity index (χ1) is 8.56. The molecule has 92 valence electrons. The van der Waals surface area contributed by atoms with Gasteiger partial charge in [0.2, 0.25) is 0 Å². The number of benzene rings is 1. The Labute approximate surface area is 104 Å². The van der Waals surface area contributed by atoms with Gasteiger partial charge < -0.3 is 10.2 Å². The van der Waals surface area contributed by atoms with Crippen LogP contribution in [0.1, 0.15) is 22.3 Å². The number of allylic oxidation sites excluding steroid dienone is 3. The van der Waals surface area contributed by atoms with E-state index >= 15 is 0 Å². The van der Waals surface area contributed by atoms with Crippen LogP contribution < -0.4 is 0 Å². The number of hydrogen-bond acceptors (Lipinski definition) is 2. The van der Waals surface area contributed by atoms with E-state index in [1.54, 1.807) is 36.4 Å². The molecule has 0 bridgehead atoms. The molecule has 1 unspecified atom stereocenters. The van der Waals surface area contributed by atoms with Crippen molar-refractivity contribution in [2.24, 2.45) is 0 Å². The molecule has 0 radical (unpaired) electrons. The molecule has 4 heteroatoms. The Morgan fingerprint density at radius 3 is 2.17 bits per heavy atom. The molecular formula is C14H12O4. The molecule has 0 amide bonds. The van der Waals surface area contributed by atoms with Crippen LogP contribution in [0.15, 0.2) is 48.6 Å². The third-order valence-electron chi connectivity index (χ3n) is 3.10. The number of carboxylic acid groups (broad SMARTS) is 2. The van der Waals surface area contributed by atoms with Gasteiger partial charge in [0.1, 0.15) is 5.41 Å². The molecule has 0 fully saturated rings. The molecule has 0 aromatic heterocycles. The standard InChI is InChI=1S/C14H12O4/c15-12(16)10-4-6-11(7-5-10)14(13(17)18)8-2-1-3-9-14/h1-8H,9H2,(H,15,16)(H,17,18). The lowest BCUT2D eigenvalue weighted by Gasteiger charge is -2.27. The highest BCUT2D eigenvalue weighted by atomic mass is 16.4. The van der Waals surface area contributed by atoms with Crippen molar-refractivity contribution in [3.8, 4) is 0 Å². The minimum atomic E-state index is -1.09. The average Bonchev–Trinajstić information content (AvgIpc) is 2.39. The third kappa shape index (κ3) is 1.93. The summed E-state index contributed by atoms with van der Waals surface area (Å²) in [5.74, 6) is -1.96. The first kappa shape index (κ1) is 12.1. The second-order valence-corrected chi connectivity index (χ2v) is 4.15. The smallest absolute Gasteiger partial charge is 0.335 e. The maximum absolute atomic E-state index is 11.5. The summed E-state index contributed by atoms with van der Waals surface area (Å²) < 4.78 is 0. The quantitative estimate of drug-likeness (QED) is 0.854. The maximum Gasteiger partial charge on any atom is 0.335 e. The zero-order valence-electron chi connectivity index (χ0n) is 9.54. The molecule has 2 rings (SSSR count). The summed E-state index contributed by atoms with van der Waals surface area (Å²) in [7, 11) is 0. The predicted molar refractivity (Wildman–Crippen MR) is 65.6 cm³/mol. The minimum Gasteiger partial charge on any atom is -0.480 e. The van der Waals surface area contributed by atoms with E-state index in [0.29, 0.717) is 12.0 Å². The van der Waals surface area contributed by atoms with Gasteiger partial charge in [-0.1, -0.05) is 36.4 Å². The van der Waals surface area contributed by atoms with E-state index < -0.39 is 17.4 Å². The number of carbonyl (C=O) groups is 2.